The number of rotatable bonds is 10. The van der Waals surface area contributed by atoms with Crippen LogP contribution in [-0.4, -0.2) is 8.97 Å². The smallest absolute Gasteiger partial charge is 0.0620 e. The van der Waals surface area contributed by atoms with Crippen LogP contribution in [0.1, 0.15) is 34.9 Å². The summed E-state index contributed by atoms with van der Waals surface area (Å²) in [6.45, 7) is 10.7. The van der Waals surface area contributed by atoms with Gasteiger partial charge in [0.15, 0.2) is 0 Å². The Balaban J connectivity index is 0.966. The number of hydrogen-bond donors (Lipinski definition) is 0. The maximum absolute atomic E-state index is 5.56. The zero-order valence-electron chi connectivity index (χ0n) is 37.2. The molecule has 0 N–H and O–H groups in total. The van der Waals surface area contributed by atoms with Crippen molar-refractivity contribution in [2.45, 2.75) is 13.3 Å². The molecule has 3 heteroatoms. The van der Waals surface area contributed by atoms with Gasteiger partial charge >= 0.3 is 0 Å². The summed E-state index contributed by atoms with van der Waals surface area (Å²) in [4.78, 5) is 2.40. The maximum Gasteiger partial charge on any atom is 0.0620 e. The average Bonchev–Trinajstić information content (AvgIpc) is 4.11. The highest BCUT2D eigenvalue weighted by Gasteiger charge is 2.26. The molecule has 0 amide bonds. The lowest BCUT2D eigenvalue weighted by molar-refractivity contribution is 1.22. The third-order valence-electron chi connectivity index (χ3n) is 13.7. The number of nitrogens with zero attached hydrogens (tertiary/aromatic N) is 3. The van der Waals surface area contributed by atoms with Gasteiger partial charge in [-0.15, -0.1) is 6.42 Å². The molecular weight excluding hydrogens is 811 g/mol. The molecule has 1 aliphatic carbocycles. The molecule has 0 atom stereocenters. The van der Waals surface area contributed by atoms with Gasteiger partial charge in [-0.25, -0.2) is 0 Å². The van der Waals surface area contributed by atoms with Gasteiger partial charge in [-0.3, -0.25) is 0 Å². The summed E-state index contributed by atoms with van der Waals surface area (Å²) in [6, 6.07) is 64.4. The van der Waals surface area contributed by atoms with E-state index in [0.29, 0.717) is 0 Å². The zero-order chi connectivity index (χ0) is 45.2. The quantitative estimate of drug-likeness (QED) is 0.0986. The van der Waals surface area contributed by atoms with Crippen molar-refractivity contribution >= 4 is 83.4 Å². The molecule has 0 radical (unpaired) electrons. The Bertz CT molecular complexity index is 3930. The van der Waals surface area contributed by atoms with Crippen LogP contribution in [0.15, 0.2) is 219 Å². The lowest BCUT2D eigenvalue weighted by Gasteiger charge is -2.26. The molecule has 0 saturated carbocycles. The number of allylic oxidation sites excluding steroid dienone is 6. The number of aromatic nitrogens is 2. The second-order valence-corrected chi connectivity index (χ2v) is 17.2. The van der Waals surface area contributed by atoms with Crippen LogP contribution in [0, 0.1) is 12.3 Å². The molecule has 0 aliphatic heterocycles. The maximum atomic E-state index is 5.56. The van der Waals surface area contributed by atoms with Crippen LogP contribution in [0.25, 0.3) is 88.6 Å². The largest absolute Gasteiger partial charge is 0.310 e. The summed E-state index contributed by atoms with van der Waals surface area (Å²) < 4.78 is 4.73. The molecule has 3 nitrogen and oxygen atoms in total. The Morgan fingerprint density at radius 3 is 1.99 bits per heavy atom. The van der Waals surface area contributed by atoms with Crippen molar-refractivity contribution < 1.29 is 0 Å². The highest BCUT2D eigenvalue weighted by atomic mass is 15.1. The Morgan fingerprint density at radius 1 is 0.597 bits per heavy atom. The number of para-hydroxylation sites is 3. The standard InChI is InChI=1S/C64H45N3/c1-5-9-11-21-47(6-2)66-60-26-16-15-23-56(60)59-41-50(34-37-62(59)66)65(48-31-28-43(29-32-48)42-19-12-10-13-20-42)49-33-36-54-46(40-49)39-45-38-44(30-35-53(45)54)51(7-3)63-52(8-4)57-24-18-25-58-55-22-14-17-27-61(55)67(63)64(57)58/h1,6-38,40-41H,2,4,39H2,3H3/b11-9-,47-21+,51-7-. The third-order valence-corrected chi connectivity index (χ3v) is 13.7. The molecule has 67 heavy (non-hydrogen) atoms. The summed E-state index contributed by atoms with van der Waals surface area (Å²) >= 11 is 0. The summed E-state index contributed by atoms with van der Waals surface area (Å²) in [6.07, 6.45) is 18.2. The van der Waals surface area contributed by atoms with E-state index >= 15 is 0 Å². The predicted octanol–water partition coefficient (Wildman–Crippen LogP) is 16.8. The van der Waals surface area contributed by atoms with E-state index in [0.717, 1.165) is 45.6 Å². The van der Waals surface area contributed by atoms with E-state index in [1.54, 1.807) is 6.08 Å². The molecule has 316 valence electrons. The number of hydrogen-bond acceptors (Lipinski definition) is 1. The molecule has 0 unspecified atom stereocenters. The van der Waals surface area contributed by atoms with Crippen LogP contribution >= 0.6 is 0 Å². The first-order chi connectivity index (χ1) is 33.1. The van der Waals surface area contributed by atoms with E-state index in [2.05, 4.69) is 222 Å². The van der Waals surface area contributed by atoms with Gasteiger partial charge in [-0.1, -0.05) is 159 Å². The van der Waals surface area contributed by atoms with Crippen LogP contribution in [0.2, 0.25) is 0 Å². The van der Waals surface area contributed by atoms with Gasteiger partial charge in [-0.2, -0.15) is 0 Å². The van der Waals surface area contributed by atoms with Crippen LogP contribution in [0.4, 0.5) is 17.1 Å². The molecule has 0 saturated heterocycles. The Morgan fingerprint density at radius 2 is 1.22 bits per heavy atom. The first-order valence-electron chi connectivity index (χ1n) is 22.9. The van der Waals surface area contributed by atoms with Gasteiger partial charge in [0, 0.05) is 60.8 Å². The van der Waals surface area contributed by atoms with Gasteiger partial charge in [0.2, 0.25) is 0 Å². The first kappa shape index (κ1) is 39.7. The Hall–Kier alpha value is -8.84. The number of fused-ring (bicyclic) bond motifs is 9. The highest BCUT2D eigenvalue weighted by molar-refractivity contribution is 6.18. The van der Waals surface area contributed by atoms with Gasteiger partial charge in [-0.05, 0) is 125 Å². The molecule has 8 aromatic carbocycles. The molecule has 11 aromatic rings. The second-order valence-electron chi connectivity index (χ2n) is 17.2. The molecule has 0 fully saturated rings. The van der Waals surface area contributed by atoms with Crippen LogP contribution in [0.3, 0.4) is 0 Å². The Labute approximate surface area is 390 Å². The van der Waals surface area contributed by atoms with Crippen molar-refractivity contribution in [2.24, 2.45) is 0 Å². The van der Waals surface area contributed by atoms with E-state index in [1.165, 1.54) is 88.4 Å². The zero-order valence-corrected chi connectivity index (χ0v) is 37.2. The first-order valence-corrected chi connectivity index (χ1v) is 22.9. The minimum atomic E-state index is 0.839. The van der Waals surface area contributed by atoms with Crippen molar-refractivity contribution in [2.75, 3.05) is 4.90 Å². The highest BCUT2D eigenvalue weighted by Crippen LogP contribution is 2.46. The van der Waals surface area contributed by atoms with Crippen molar-refractivity contribution in [3.8, 4) is 34.6 Å². The third kappa shape index (κ3) is 6.22. The monoisotopic (exact) mass is 855 g/mol. The van der Waals surface area contributed by atoms with E-state index in [9.17, 15) is 0 Å². The second kappa shape index (κ2) is 16.0. The van der Waals surface area contributed by atoms with Crippen molar-refractivity contribution in [1.82, 2.24) is 8.97 Å². The predicted molar refractivity (Wildman–Crippen MR) is 287 cm³/mol. The van der Waals surface area contributed by atoms with Crippen molar-refractivity contribution in [3.05, 3.63) is 247 Å². The molecule has 12 rings (SSSR count). The van der Waals surface area contributed by atoms with E-state index in [-0.39, 0.29) is 0 Å². The summed E-state index contributed by atoms with van der Waals surface area (Å²) in [5, 5.41) is 6.10. The minimum absolute atomic E-state index is 0.839. The van der Waals surface area contributed by atoms with Gasteiger partial charge in [0.05, 0.1) is 27.8 Å². The number of anilines is 3. The fourth-order valence-corrected chi connectivity index (χ4v) is 10.8. The van der Waals surface area contributed by atoms with E-state index in [1.807, 2.05) is 24.3 Å². The topological polar surface area (TPSA) is 12.6 Å². The summed E-state index contributed by atoms with van der Waals surface area (Å²) in [5.74, 6) is 2.60. The van der Waals surface area contributed by atoms with E-state index in [4.69, 9.17) is 6.42 Å². The molecule has 1 aliphatic rings. The van der Waals surface area contributed by atoms with Crippen molar-refractivity contribution in [1.29, 1.82) is 0 Å². The molecule has 3 heterocycles. The van der Waals surface area contributed by atoms with Crippen molar-refractivity contribution in [3.63, 3.8) is 0 Å². The summed E-state index contributed by atoms with van der Waals surface area (Å²) in [7, 11) is 0. The van der Waals surface area contributed by atoms with Gasteiger partial charge in [0.1, 0.15) is 0 Å². The number of benzene rings is 8. The van der Waals surface area contributed by atoms with Crippen LogP contribution in [-0.2, 0) is 6.42 Å². The molecule has 0 spiro atoms. The number of terminal acetylenes is 1. The van der Waals surface area contributed by atoms with Gasteiger partial charge in [0.25, 0.3) is 0 Å². The fourth-order valence-electron chi connectivity index (χ4n) is 10.8. The summed E-state index contributed by atoms with van der Waals surface area (Å²) in [5.41, 5.74) is 21.2. The normalized spacial score (nSPS) is 12.7. The SMILES string of the molecule is C#C/C=C\C=C(/C=C)n1c2ccccc2c2cc(N(c3ccc(-c4ccccc4)cc3)c3ccc4c(c3)Cc3cc(/C(=C/C)c5c(C=C)c6cccc7c8ccccc8n5c67)ccc3-4)ccc21. The average molecular weight is 856 g/mol. The molecule has 0 bridgehead atoms. The lowest BCUT2D eigenvalue weighted by atomic mass is 9.94. The molecular formula is C64H45N3. The Kier molecular flexibility index (Phi) is 9.49. The van der Waals surface area contributed by atoms with Crippen LogP contribution in [0.5, 0.6) is 0 Å². The van der Waals surface area contributed by atoms with Crippen LogP contribution < -0.4 is 4.90 Å². The minimum Gasteiger partial charge on any atom is -0.310 e. The fraction of sp³-hybridized carbons (Fsp3) is 0.0312. The molecule has 3 aromatic heterocycles. The lowest BCUT2D eigenvalue weighted by Crippen LogP contribution is -2.10. The van der Waals surface area contributed by atoms with Gasteiger partial charge < -0.3 is 13.9 Å². The van der Waals surface area contributed by atoms with E-state index < -0.39 is 0 Å².